The molecule has 2 atom stereocenters. The molecule has 0 radical (unpaired) electrons. The Kier molecular flexibility index (Phi) is 6.78. The summed E-state index contributed by atoms with van der Waals surface area (Å²) in [5, 5.41) is 0. The van der Waals surface area contributed by atoms with Crippen molar-refractivity contribution in [2.24, 2.45) is 0 Å². The second-order valence-electron chi connectivity index (χ2n) is 6.84. The molecule has 1 saturated heterocycles. The lowest BCUT2D eigenvalue weighted by molar-refractivity contribution is -0.150. The van der Waals surface area contributed by atoms with Gasteiger partial charge in [0.25, 0.3) is 0 Å². The summed E-state index contributed by atoms with van der Waals surface area (Å²) in [6, 6.07) is -0.284. The fourth-order valence-electron chi connectivity index (χ4n) is 2.88. The highest BCUT2D eigenvalue weighted by Gasteiger charge is 2.54. The number of likely N-dealkylation sites (tertiary alicyclic amines) is 1. The molecule has 0 spiro atoms. The second kappa shape index (κ2) is 8.18. The van der Waals surface area contributed by atoms with E-state index in [4.69, 9.17) is 9.47 Å². The van der Waals surface area contributed by atoms with Crippen LogP contribution in [0.5, 0.6) is 0 Å². The summed E-state index contributed by atoms with van der Waals surface area (Å²) in [5.74, 6) is -1.26. The molecule has 0 N–H and O–H groups in total. The average molecular weight is 353 g/mol. The number of hydrogen-bond donors (Lipinski definition) is 0. The molecule has 0 unspecified atom stereocenters. The van der Waals surface area contributed by atoms with Gasteiger partial charge in [0, 0.05) is 12.1 Å². The first-order chi connectivity index (χ1) is 11.6. The van der Waals surface area contributed by atoms with Gasteiger partial charge in [-0.25, -0.2) is 14.4 Å². The zero-order valence-electron chi connectivity index (χ0n) is 15.5. The summed E-state index contributed by atoms with van der Waals surface area (Å²) in [6.07, 6.45) is 4.87. The van der Waals surface area contributed by atoms with E-state index in [1.54, 1.807) is 26.8 Å². The Morgan fingerprint density at radius 3 is 2.36 bits per heavy atom. The molecule has 0 aliphatic carbocycles. The number of rotatable bonds is 5. The summed E-state index contributed by atoms with van der Waals surface area (Å²) < 4.78 is 15.0. The lowest BCUT2D eigenvalue weighted by atomic mass is 9.95. The summed E-state index contributed by atoms with van der Waals surface area (Å²) in [5.41, 5.74) is -2.15. The number of ether oxygens (including phenoxy) is 3. The molecular weight excluding hydrogens is 326 g/mol. The molecule has 140 valence electrons. The Bertz CT molecular complexity index is 562. The molecule has 0 saturated carbocycles. The fraction of sp³-hybridized carbons (Fsp3) is 0.611. The zero-order valence-corrected chi connectivity index (χ0v) is 15.5. The zero-order chi connectivity index (χ0) is 19.3. The predicted octanol–water partition coefficient (Wildman–Crippen LogP) is 2.60. The molecule has 1 heterocycles. The second-order valence-corrected chi connectivity index (χ2v) is 6.84. The van der Waals surface area contributed by atoms with E-state index in [2.05, 4.69) is 11.3 Å². The van der Waals surface area contributed by atoms with Crippen molar-refractivity contribution in [2.45, 2.75) is 57.2 Å². The number of esters is 2. The highest BCUT2D eigenvalue weighted by atomic mass is 16.6. The Morgan fingerprint density at radius 2 is 1.88 bits per heavy atom. The van der Waals surface area contributed by atoms with E-state index in [-0.39, 0.29) is 6.04 Å². The normalized spacial score (nSPS) is 23.4. The van der Waals surface area contributed by atoms with Crippen molar-refractivity contribution in [2.75, 3.05) is 14.2 Å². The quantitative estimate of drug-likeness (QED) is 0.327. The van der Waals surface area contributed by atoms with Crippen molar-refractivity contribution in [3.8, 4) is 0 Å². The molecule has 7 nitrogen and oxygen atoms in total. The standard InChI is InChI=1S/C18H27NO6/c1-7-8-13-9-11-18(15(21)24-6,12-10-14(20)23-5)19(13)16(22)25-17(2,3)4/h7,10,12-13H,1,8-9,11H2,2-6H3/b12-10+/t13-,18+/m0/s1. The van der Waals surface area contributed by atoms with Gasteiger partial charge in [0.05, 0.1) is 14.2 Å². The van der Waals surface area contributed by atoms with E-state index in [0.717, 1.165) is 6.08 Å². The molecule has 0 aromatic carbocycles. The van der Waals surface area contributed by atoms with Crippen molar-refractivity contribution in [1.29, 1.82) is 0 Å². The van der Waals surface area contributed by atoms with Crippen molar-refractivity contribution in [3.05, 3.63) is 24.8 Å². The third-order valence-electron chi connectivity index (χ3n) is 3.92. The van der Waals surface area contributed by atoms with Crippen LogP contribution in [0.25, 0.3) is 0 Å². The van der Waals surface area contributed by atoms with Crippen molar-refractivity contribution in [3.63, 3.8) is 0 Å². The van der Waals surface area contributed by atoms with Crippen LogP contribution in [0.2, 0.25) is 0 Å². The van der Waals surface area contributed by atoms with Gasteiger partial charge in [-0.15, -0.1) is 6.58 Å². The lowest BCUT2D eigenvalue weighted by Crippen LogP contribution is -2.56. The highest BCUT2D eigenvalue weighted by Crippen LogP contribution is 2.39. The number of carbonyl (C=O) groups excluding carboxylic acids is 3. The Morgan fingerprint density at radius 1 is 1.24 bits per heavy atom. The van der Waals surface area contributed by atoms with E-state index in [1.165, 1.54) is 25.2 Å². The van der Waals surface area contributed by atoms with Crippen molar-refractivity contribution >= 4 is 18.0 Å². The Labute approximate surface area is 148 Å². The van der Waals surface area contributed by atoms with Gasteiger partial charge in [0.2, 0.25) is 0 Å². The summed E-state index contributed by atoms with van der Waals surface area (Å²) >= 11 is 0. The van der Waals surface area contributed by atoms with Crippen LogP contribution < -0.4 is 0 Å². The van der Waals surface area contributed by atoms with Gasteiger partial charge in [0.1, 0.15) is 5.60 Å². The Balaban J connectivity index is 3.36. The van der Waals surface area contributed by atoms with Crippen molar-refractivity contribution < 1.29 is 28.6 Å². The molecule has 0 aromatic rings. The van der Waals surface area contributed by atoms with E-state index in [9.17, 15) is 14.4 Å². The minimum absolute atomic E-state index is 0.284. The van der Waals surface area contributed by atoms with Gasteiger partial charge in [-0.1, -0.05) is 6.08 Å². The maximum Gasteiger partial charge on any atom is 0.411 e. The van der Waals surface area contributed by atoms with E-state index in [0.29, 0.717) is 19.3 Å². The van der Waals surface area contributed by atoms with Crippen molar-refractivity contribution in [1.82, 2.24) is 4.90 Å². The molecule has 7 heteroatoms. The summed E-state index contributed by atoms with van der Waals surface area (Å²) in [7, 11) is 2.47. The van der Waals surface area contributed by atoms with Crippen LogP contribution in [-0.4, -0.2) is 54.3 Å². The fourth-order valence-corrected chi connectivity index (χ4v) is 2.88. The summed E-state index contributed by atoms with van der Waals surface area (Å²) in [4.78, 5) is 38.2. The van der Waals surface area contributed by atoms with Crippen LogP contribution in [0.15, 0.2) is 24.8 Å². The first-order valence-electron chi connectivity index (χ1n) is 8.10. The molecule has 0 aromatic heterocycles. The first kappa shape index (κ1) is 20.7. The van der Waals surface area contributed by atoms with Gasteiger partial charge in [0.15, 0.2) is 5.54 Å². The molecule has 1 aliphatic heterocycles. The number of carbonyl (C=O) groups is 3. The monoisotopic (exact) mass is 353 g/mol. The van der Waals surface area contributed by atoms with E-state index < -0.39 is 29.2 Å². The number of methoxy groups -OCH3 is 2. The molecule has 1 amide bonds. The predicted molar refractivity (Wildman–Crippen MR) is 91.8 cm³/mol. The molecule has 1 aliphatic rings. The SMILES string of the molecule is C=CC[C@H]1CC[C@@](/C=C/C(=O)OC)(C(=O)OC)N1C(=O)OC(C)(C)C. The molecule has 1 rings (SSSR count). The molecule has 1 fully saturated rings. The number of amides is 1. The van der Waals surface area contributed by atoms with Gasteiger partial charge in [-0.05, 0) is 46.1 Å². The van der Waals surface area contributed by atoms with Gasteiger partial charge < -0.3 is 14.2 Å². The van der Waals surface area contributed by atoms with E-state index in [1.807, 2.05) is 0 Å². The third kappa shape index (κ3) is 4.84. The van der Waals surface area contributed by atoms with E-state index >= 15 is 0 Å². The number of hydrogen-bond acceptors (Lipinski definition) is 6. The van der Waals surface area contributed by atoms with Crippen LogP contribution in [0.1, 0.15) is 40.0 Å². The molecular formula is C18H27NO6. The lowest BCUT2D eigenvalue weighted by Gasteiger charge is -2.37. The average Bonchev–Trinajstić information content (AvgIpc) is 2.90. The summed E-state index contributed by atoms with van der Waals surface area (Å²) in [6.45, 7) is 8.94. The highest BCUT2D eigenvalue weighted by molar-refractivity contribution is 5.91. The molecule has 0 bridgehead atoms. The smallest absolute Gasteiger partial charge is 0.411 e. The van der Waals surface area contributed by atoms with Crippen LogP contribution >= 0.6 is 0 Å². The molecule has 25 heavy (non-hydrogen) atoms. The van der Waals surface area contributed by atoms with Crippen LogP contribution in [0, 0.1) is 0 Å². The topological polar surface area (TPSA) is 82.1 Å². The Hall–Kier alpha value is -2.31. The minimum Gasteiger partial charge on any atom is -0.467 e. The minimum atomic E-state index is -1.42. The number of nitrogens with zero attached hydrogens (tertiary/aromatic N) is 1. The van der Waals surface area contributed by atoms with Crippen LogP contribution in [-0.2, 0) is 23.8 Å². The van der Waals surface area contributed by atoms with Gasteiger partial charge >= 0.3 is 18.0 Å². The van der Waals surface area contributed by atoms with Crippen LogP contribution in [0.3, 0.4) is 0 Å². The van der Waals surface area contributed by atoms with Gasteiger partial charge in [-0.2, -0.15) is 0 Å². The largest absolute Gasteiger partial charge is 0.467 e. The first-order valence-corrected chi connectivity index (χ1v) is 8.10. The van der Waals surface area contributed by atoms with Crippen LogP contribution in [0.4, 0.5) is 4.79 Å². The maximum absolute atomic E-state index is 12.8. The third-order valence-corrected chi connectivity index (χ3v) is 3.92. The van der Waals surface area contributed by atoms with Gasteiger partial charge in [-0.3, -0.25) is 4.90 Å². The maximum atomic E-state index is 12.8.